The van der Waals surface area contributed by atoms with Crippen molar-refractivity contribution in [1.29, 1.82) is 0 Å². The number of nitrogens with one attached hydrogen (secondary N) is 1. The lowest BCUT2D eigenvalue weighted by molar-refractivity contribution is 0.108. The average Bonchev–Trinajstić information content (AvgIpc) is 2.78. The lowest BCUT2D eigenvalue weighted by Gasteiger charge is -2.41. The Hall–Kier alpha value is -0.0900. The van der Waals surface area contributed by atoms with Gasteiger partial charge in [-0.15, -0.1) is 0 Å². The van der Waals surface area contributed by atoms with E-state index in [-0.39, 0.29) is 0 Å². The zero-order valence-corrected chi connectivity index (χ0v) is 15.1. The van der Waals surface area contributed by atoms with Crippen LogP contribution in [0.2, 0.25) is 5.02 Å². The van der Waals surface area contributed by atoms with Crippen LogP contribution in [-0.2, 0) is 0 Å². The van der Waals surface area contributed by atoms with Crippen LogP contribution in [-0.4, -0.2) is 29.6 Å². The van der Waals surface area contributed by atoms with Gasteiger partial charge in [0.1, 0.15) is 0 Å². The van der Waals surface area contributed by atoms with Crippen LogP contribution < -0.4 is 5.32 Å². The molecule has 1 aromatic carbocycles. The third-order valence-electron chi connectivity index (χ3n) is 5.19. The molecule has 21 heavy (non-hydrogen) atoms. The highest BCUT2D eigenvalue weighted by Gasteiger charge is 2.37. The fourth-order valence-electron chi connectivity index (χ4n) is 4.17. The van der Waals surface area contributed by atoms with Gasteiger partial charge in [-0.2, -0.15) is 0 Å². The Morgan fingerprint density at radius 2 is 2.00 bits per heavy atom. The summed E-state index contributed by atoms with van der Waals surface area (Å²) < 4.78 is 1.05. The SMILES string of the molecule is CCN(C1CC2CCC(C1)N2)C(C)c1ccc(Br)cc1Cl. The van der Waals surface area contributed by atoms with Crippen LogP contribution in [0.3, 0.4) is 0 Å². The highest BCUT2D eigenvalue weighted by molar-refractivity contribution is 9.10. The molecule has 3 unspecified atom stereocenters. The lowest BCUT2D eigenvalue weighted by Crippen LogP contribution is -2.48. The Morgan fingerprint density at radius 1 is 1.33 bits per heavy atom. The molecule has 0 saturated carbocycles. The smallest absolute Gasteiger partial charge is 0.0464 e. The van der Waals surface area contributed by atoms with E-state index in [9.17, 15) is 0 Å². The van der Waals surface area contributed by atoms with Gasteiger partial charge in [0.25, 0.3) is 0 Å². The first-order chi connectivity index (χ1) is 10.1. The van der Waals surface area contributed by atoms with Gasteiger partial charge in [-0.3, -0.25) is 4.90 Å². The molecule has 0 spiro atoms. The zero-order chi connectivity index (χ0) is 15.0. The van der Waals surface area contributed by atoms with Crippen molar-refractivity contribution in [3.8, 4) is 0 Å². The lowest BCUT2D eigenvalue weighted by atomic mass is 9.95. The Kier molecular flexibility index (Phi) is 4.94. The maximum atomic E-state index is 6.47. The molecular weight excluding hydrogens is 348 g/mol. The van der Waals surface area contributed by atoms with Gasteiger partial charge in [0, 0.05) is 33.7 Å². The zero-order valence-electron chi connectivity index (χ0n) is 12.8. The molecule has 1 N–H and O–H groups in total. The van der Waals surface area contributed by atoms with Crippen LogP contribution in [0.4, 0.5) is 0 Å². The second-order valence-corrected chi connectivity index (χ2v) is 7.76. The van der Waals surface area contributed by atoms with E-state index in [1.54, 1.807) is 0 Å². The number of fused-ring (bicyclic) bond motifs is 2. The third kappa shape index (κ3) is 3.31. The van der Waals surface area contributed by atoms with E-state index in [0.717, 1.165) is 28.1 Å². The molecule has 2 heterocycles. The number of nitrogens with zero attached hydrogens (tertiary/aromatic N) is 1. The van der Waals surface area contributed by atoms with Crippen LogP contribution in [0.15, 0.2) is 22.7 Å². The molecule has 4 heteroatoms. The fraction of sp³-hybridized carbons (Fsp3) is 0.647. The van der Waals surface area contributed by atoms with Crippen molar-refractivity contribution in [2.45, 2.75) is 63.7 Å². The van der Waals surface area contributed by atoms with Gasteiger partial charge in [0.05, 0.1) is 0 Å². The van der Waals surface area contributed by atoms with E-state index in [1.165, 1.54) is 31.2 Å². The summed E-state index contributed by atoms with van der Waals surface area (Å²) in [5.41, 5.74) is 1.24. The topological polar surface area (TPSA) is 15.3 Å². The van der Waals surface area contributed by atoms with Crippen LogP contribution in [0, 0.1) is 0 Å². The Bertz CT molecular complexity index is 496. The maximum absolute atomic E-state index is 6.47. The van der Waals surface area contributed by atoms with Gasteiger partial charge < -0.3 is 5.32 Å². The monoisotopic (exact) mass is 370 g/mol. The Labute approximate surface area is 141 Å². The van der Waals surface area contributed by atoms with Crippen molar-refractivity contribution in [2.24, 2.45) is 0 Å². The minimum absolute atomic E-state index is 0.373. The maximum Gasteiger partial charge on any atom is 0.0464 e. The average molecular weight is 372 g/mol. The largest absolute Gasteiger partial charge is 0.311 e. The molecule has 2 saturated heterocycles. The molecule has 3 rings (SSSR count). The van der Waals surface area contributed by atoms with Crippen molar-refractivity contribution in [3.63, 3.8) is 0 Å². The van der Waals surface area contributed by atoms with Crippen LogP contribution in [0.5, 0.6) is 0 Å². The second kappa shape index (κ2) is 6.57. The van der Waals surface area contributed by atoms with Crippen LogP contribution >= 0.6 is 27.5 Å². The van der Waals surface area contributed by atoms with E-state index < -0.39 is 0 Å². The van der Waals surface area contributed by atoms with Gasteiger partial charge in [-0.1, -0.05) is 40.5 Å². The van der Waals surface area contributed by atoms with E-state index in [2.05, 4.69) is 52.1 Å². The molecular formula is C17H24BrClN2. The molecule has 1 aromatic rings. The molecule has 2 aliphatic heterocycles. The summed E-state index contributed by atoms with van der Waals surface area (Å²) in [5, 5.41) is 4.61. The highest BCUT2D eigenvalue weighted by Crippen LogP contribution is 2.36. The minimum atomic E-state index is 0.373. The third-order valence-corrected chi connectivity index (χ3v) is 6.01. The fourth-order valence-corrected chi connectivity index (χ4v) is 5.00. The van der Waals surface area contributed by atoms with Crippen LogP contribution in [0.25, 0.3) is 0 Å². The summed E-state index contributed by atoms with van der Waals surface area (Å²) in [7, 11) is 0. The van der Waals surface area contributed by atoms with Crippen molar-refractivity contribution in [2.75, 3.05) is 6.54 Å². The highest BCUT2D eigenvalue weighted by atomic mass is 79.9. The number of piperidine rings is 1. The second-order valence-electron chi connectivity index (χ2n) is 6.44. The standard InChI is InChI=1S/C17H24BrClN2/c1-3-21(15-9-13-5-6-14(10-15)20-13)11(2)16-7-4-12(18)8-17(16)19/h4,7-8,11,13-15,20H,3,5-6,9-10H2,1-2H3. The quantitative estimate of drug-likeness (QED) is 0.820. The van der Waals surface area contributed by atoms with Gasteiger partial charge in [-0.05, 0) is 56.8 Å². The van der Waals surface area contributed by atoms with Gasteiger partial charge in [-0.25, -0.2) is 0 Å². The molecule has 2 fully saturated rings. The first-order valence-electron chi connectivity index (χ1n) is 8.05. The summed E-state index contributed by atoms with van der Waals surface area (Å²) in [6, 6.07) is 8.79. The van der Waals surface area contributed by atoms with E-state index >= 15 is 0 Å². The summed E-state index contributed by atoms with van der Waals surface area (Å²) >= 11 is 9.96. The Balaban J connectivity index is 1.79. The van der Waals surface area contributed by atoms with Gasteiger partial charge >= 0.3 is 0 Å². The predicted molar refractivity (Wildman–Crippen MR) is 92.9 cm³/mol. The molecule has 0 aliphatic carbocycles. The Morgan fingerprint density at radius 3 is 2.57 bits per heavy atom. The molecule has 2 aliphatic rings. The summed E-state index contributed by atoms with van der Waals surface area (Å²) in [4.78, 5) is 2.64. The molecule has 0 amide bonds. The number of benzene rings is 1. The molecule has 2 bridgehead atoms. The first kappa shape index (κ1) is 15.8. The molecule has 3 atom stereocenters. The van der Waals surface area contributed by atoms with Gasteiger partial charge in [0.2, 0.25) is 0 Å². The first-order valence-corrected chi connectivity index (χ1v) is 9.22. The number of rotatable bonds is 4. The summed E-state index contributed by atoms with van der Waals surface area (Å²) in [6.45, 7) is 5.65. The van der Waals surface area contributed by atoms with Gasteiger partial charge in [0.15, 0.2) is 0 Å². The number of hydrogen-bond acceptors (Lipinski definition) is 2. The normalized spacial score (nSPS) is 29.9. The van der Waals surface area contributed by atoms with E-state index in [0.29, 0.717) is 12.1 Å². The van der Waals surface area contributed by atoms with Crippen molar-refractivity contribution < 1.29 is 0 Å². The molecule has 2 nitrogen and oxygen atoms in total. The molecule has 0 aromatic heterocycles. The summed E-state index contributed by atoms with van der Waals surface area (Å²) in [6.07, 6.45) is 5.27. The van der Waals surface area contributed by atoms with Crippen LogP contribution in [0.1, 0.15) is 51.1 Å². The van der Waals surface area contributed by atoms with Crippen molar-refractivity contribution >= 4 is 27.5 Å². The predicted octanol–water partition coefficient (Wildman–Crippen LogP) is 4.77. The van der Waals surface area contributed by atoms with Crippen molar-refractivity contribution in [1.82, 2.24) is 10.2 Å². The minimum Gasteiger partial charge on any atom is -0.311 e. The number of hydrogen-bond donors (Lipinski definition) is 1. The van der Waals surface area contributed by atoms with Crippen molar-refractivity contribution in [3.05, 3.63) is 33.3 Å². The summed E-state index contributed by atoms with van der Waals surface area (Å²) in [5.74, 6) is 0. The number of halogens is 2. The van der Waals surface area contributed by atoms with E-state index in [4.69, 9.17) is 11.6 Å². The van der Waals surface area contributed by atoms with E-state index in [1.807, 2.05) is 6.07 Å². The molecule has 0 radical (unpaired) electrons. The molecule has 116 valence electrons.